The van der Waals surface area contributed by atoms with Crippen molar-refractivity contribution in [3.8, 4) is 17.1 Å². The maximum Gasteiger partial charge on any atom is 0.274 e. The fourth-order valence-electron chi connectivity index (χ4n) is 4.68. The maximum absolute atomic E-state index is 14.6. The number of carbonyl (C=O) groups is 1. The largest absolute Gasteiger partial charge is 0.496 e. The first-order chi connectivity index (χ1) is 17.4. The summed E-state index contributed by atoms with van der Waals surface area (Å²) >= 11 is 0. The van der Waals surface area contributed by atoms with Gasteiger partial charge in [0, 0.05) is 50.1 Å². The standard InChI is InChI=1S/C27H31FN6O2/c1-17-16-34(18(2)15-30-17)23-14-19(33-12-5-13-33)8-9-21(23)32-27(35)22-10-11-29-26(31-22)25-20(28)6-4-7-24(25)36-3/h4,6-11,14,17-18,30H,5,12-13,15-16H2,1-3H3,(H,32,35)/t17-,18-/m0/s1. The number of aromatic nitrogens is 2. The molecule has 0 aliphatic carbocycles. The first-order valence-electron chi connectivity index (χ1n) is 12.3. The van der Waals surface area contributed by atoms with Crippen molar-refractivity contribution in [2.24, 2.45) is 0 Å². The predicted molar refractivity (Wildman–Crippen MR) is 139 cm³/mol. The highest BCUT2D eigenvalue weighted by Gasteiger charge is 2.27. The Morgan fingerprint density at radius 1 is 1.19 bits per heavy atom. The minimum Gasteiger partial charge on any atom is -0.496 e. The van der Waals surface area contributed by atoms with Gasteiger partial charge in [0.2, 0.25) is 0 Å². The van der Waals surface area contributed by atoms with Crippen molar-refractivity contribution in [2.75, 3.05) is 48.4 Å². The van der Waals surface area contributed by atoms with Gasteiger partial charge in [-0.15, -0.1) is 0 Å². The van der Waals surface area contributed by atoms with Crippen molar-refractivity contribution < 1.29 is 13.9 Å². The molecule has 2 aliphatic rings. The number of rotatable bonds is 6. The third-order valence-electron chi connectivity index (χ3n) is 6.83. The topological polar surface area (TPSA) is 82.6 Å². The van der Waals surface area contributed by atoms with Crippen LogP contribution in [0.4, 0.5) is 21.5 Å². The molecule has 5 rings (SSSR count). The van der Waals surface area contributed by atoms with Crippen molar-refractivity contribution in [3.63, 3.8) is 0 Å². The lowest BCUT2D eigenvalue weighted by molar-refractivity contribution is 0.102. The molecule has 8 nitrogen and oxygen atoms in total. The highest BCUT2D eigenvalue weighted by atomic mass is 19.1. The van der Waals surface area contributed by atoms with E-state index in [9.17, 15) is 9.18 Å². The number of hydrogen-bond donors (Lipinski definition) is 2. The molecule has 0 saturated carbocycles. The van der Waals surface area contributed by atoms with Crippen molar-refractivity contribution in [1.82, 2.24) is 15.3 Å². The van der Waals surface area contributed by atoms with E-state index in [1.807, 2.05) is 12.1 Å². The van der Waals surface area contributed by atoms with E-state index < -0.39 is 5.82 Å². The van der Waals surface area contributed by atoms with Crippen molar-refractivity contribution in [2.45, 2.75) is 32.4 Å². The number of anilines is 3. The minimum absolute atomic E-state index is 0.0931. The Bertz CT molecular complexity index is 1260. The number of methoxy groups -OCH3 is 1. The Morgan fingerprint density at radius 3 is 2.78 bits per heavy atom. The van der Waals surface area contributed by atoms with Gasteiger partial charge in [-0.2, -0.15) is 0 Å². The van der Waals surface area contributed by atoms with E-state index in [4.69, 9.17) is 4.74 Å². The minimum atomic E-state index is -0.516. The van der Waals surface area contributed by atoms with Gasteiger partial charge in [0.15, 0.2) is 5.82 Å². The summed E-state index contributed by atoms with van der Waals surface area (Å²) in [4.78, 5) is 26.6. The van der Waals surface area contributed by atoms with Crippen molar-refractivity contribution >= 4 is 23.0 Å². The van der Waals surface area contributed by atoms with Crippen LogP contribution >= 0.6 is 0 Å². The number of ether oxygens (including phenoxy) is 1. The third-order valence-corrected chi connectivity index (χ3v) is 6.83. The number of halogens is 1. The fourth-order valence-corrected chi connectivity index (χ4v) is 4.68. The first-order valence-corrected chi connectivity index (χ1v) is 12.3. The second kappa shape index (κ2) is 10.1. The molecule has 2 fully saturated rings. The molecule has 0 unspecified atom stereocenters. The number of piperazine rings is 1. The summed E-state index contributed by atoms with van der Waals surface area (Å²) < 4.78 is 19.9. The first kappa shape index (κ1) is 24.0. The highest BCUT2D eigenvalue weighted by Crippen LogP contribution is 2.35. The number of amides is 1. The van der Waals surface area contributed by atoms with Gasteiger partial charge in [0.1, 0.15) is 17.3 Å². The second-order valence-electron chi connectivity index (χ2n) is 9.39. The van der Waals surface area contributed by atoms with Crippen molar-refractivity contribution in [1.29, 1.82) is 0 Å². The van der Waals surface area contributed by atoms with Crippen LogP contribution in [0.15, 0.2) is 48.7 Å². The zero-order chi connectivity index (χ0) is 25.2. The molecule has 9 heteroatoms. The van der Waals surface area contributed by atoms with Gasteiger partial charge in [-0.25, -0.2) is 14.4 Å². The van der Waals surface area contributed by atoms with Crippen LogP contribution in [0.5, 0.6) is 5.75 Å². The van der Waals surface area contributed by atoms with Crippen LogP contribution in [0, 0.1) is 5.82 Å². The molecule has 2 N–H and O–H groups in total. The van der Waals surface area contributed by atoms with E-state index in [1.165, 1.54) is 31.9 Å². The molecule has 3 heterocycles. The summed E-state index contributed by atoms with van der Waals surface area (Å²) in [5.74, 6) is -0.505. The van der Waals surface area contributed by atoms with Gasteiger partial charge < -0.3 is 25.2 Å². The normalized spacial score (nSPS) is 19.6. The average Bonchev–Trinajstić information content (AvgIpc) is 2.85. The van der Waals surface area contributed by atoms with Crippen LogP contribution < -0.4 is 25.2 Å². The van der Waals surface area contributed by atoms with Crippen LogP contribution in [-0.4, -0.2) is 61.2 Å². The lowest BCUT2D eigenvalue weighted by atomic mass is 10.1. The van der Waals surface area contributed by atoms with Crippen LogP contribution in [0.25, 0.3) is 11.4 Å². The number of nitrogens with one attached hydrogen (secondary N) is 2. The van der Waals surface area contributed by atoms with Gasteiger partial charge in [-0.1, -0.05) is 6.07 Å². The maximum atomic E-state index is 14.6. The number of benzene rings is 2. The van der Waals surface area contributed by atoms with Gasteiger partial charge >= 0.3 is 0 Å². The molecule has 2 aromatic carbocycles. The summed E-state index contributed by atoms with van der Waals surface area (Å²) in [6, 6.07) is 12.8. The number of nitrogens with zero attached hydrogens (tertiary/aromatic N) is 4. The Labute approximate surface area is 210 Å². The molecule has 0 bridgehead atoms. The van der Waals surface area contributed by atoms with Crippen LogP contribution in [-0.2, 0) is 0 Å². The Balaban J connectivity index is 1.46. The highest BCUT2D eigenvalue weighted by molar-refractivity contribution is 6.05. The molecule has 2 aliphatic heterocycles. The Hall–Kier alpha value is -3.72. The van der Waals surface area contributed by atoms with Crippen LogP contribution in [0.3, 0.4) is 0 Å². The zero-order valence-electron chi connectivity index (χ0n) is 20.8. The molecule has 188 valence electrons. The molecule has 2 atom stereocenters. The number of carbonyl (C=O) groups excluding carboxylic acids is 1. The van der Waals surface area contributed by atoms with Gasteiger partial charge in [0.25, 0.3) is 5.91 Å². The van der Waals surface area contributed by atoms with E-state index in [-0.39, 0.29) is 29.0 Å². The molecule has 3 aromatic rings. The SMILES string of the molecule is COc1cccc(F)c1-c1nccc(C(=O)Nc2ccc(N3CCC3)cc2N2C[C@H](C)NC[C@@H]2C)n1. The summed E-state index contributed by atoms with van der Waals surface area (Å²) in [6.07, 6.45) is 2.65. The van der Waals surface area contributed by atoms with Crippen LogP contribution in [0.2, 0.25) is 0 Å². The molecule has 2 saturated heterocycles. The van der Waals surface area contributed by atoms with Crippen LogP contribution in [0.1, 0.15) is 30.8 Å². The summed E-state index contributed by atoms with van der Waals surface area (Å²) in [6.45, 7) is 8.12. The van der Waals surface area contributed by atoms with Gasteiger partial charge in [-0.3, -0.25) is 4.79 Å². The molecule has 0 spiro atoms. The smallest absolute Gasteiger partial charge is 0.274 e. The van der Waals surface area contributed by atoms with E-state index in [2.05, 4.69) is 50.3 Å². The second-order valence-corrected chi connectivity index (χ2v) is 9.39. The fraction of sp³-hybridized carbons (Fsp3) is 0.370. The quantitative estimate of drug-likeness (QED) is 0.542. The van der Waals surface area contributed by atoms with Gasteiger partial charge in [-0.05, 0) is 56.7 Å². The van der Waals surface area contributed by atoms with E-state index in [0.29, 0.717) is 17.5 Å². The molecule has 36 heavy (non-hydrogen) atoms. The molecular weight excluding hydrogens is 459 g/mol. The molecule has 0 radical (unpaired) electrons. The summed E-state index contributed by atoms with van der Waals surface area (Å²) in [7, 11) is 1.46. The predicted octanol–water partition coefficient (Wildman–Crippen LogP) is 3.94. The van der Waals surface area contributed by atoms with Gasteiger partial charge in [0.05, 0.1) is 24.0 Å². The van der Waals surface area contributed by atoms with E-state index in [0.717, 1.165) is 37.6 Å². The lowest BCUT2D eigenvalue weighted by Gasteiger charge is -2.41. The average molecular weight is 491 g/mol. The monoisotopic (exact) mass is 490 g/mol. The van der Waals surface area contributed by atoms with E-state index >= 15 is 0 Å². The third kappa shape index (κ3) is 4.70. The Kier molecular flexibility index (Phi) is 6.73. The van der Waals surface area contributed by atoms with Crippen molar-refractivity contribution in [3.05, 3.63) is 60.2 Å². The summed E-state index contributed by atoms with van der Waals surface area (Å²) in [5.41, 5.74) is 3.12. The zero-order valence-corrected chi connectivity index (χ0v) is 20.8. The lowest BCUT2D eigenvalue weighted by Crippen LogP contribution is -2.54. The molecular formula is C27H31FN6O2. The summed E-state index contributed by atoms with van der Waals surface area (Å²) in [5, 5.41) is 6.56. The number of hydrogen-bond acceptors (Lipinski definition) is 7. The van der Waals surface area contributed by atoms with E-state index in [1.54, 1.807) is 12.1 Å². The Morgan fingerprint density at radius 2 is 2.03 bits per heavy atom. The molecule has 1 aromatic heterocycles. The molecule has 1 amide bonds.